The molecule has 0 aromatic rings. The van der Waals surface area contributed by atoms with Gasteiger partial charge in [0.2, 0.25) is 5.91 Å². The minimum absolute atomic E-state index is 0.0530. The van der Waals surface area contributed by atoms with E-state index in [1.165, 1.54) is 7.11 Å². The van der Waals surface area contributed by atoms with Crippen LogP contribution in [0, 0.1) is 5.92 Å². The molecule has 1 aliphatic heterocycles. The molecule has 1 rings (SSSR count). The minimum Gasteiger partial charge on any atom is -0.469 e. The lowest BCUT2D eigenvalue weighted by atomic mass is 10.00. The van der Waals surface area contributed by atoms with Crippen molar-refractivity contribution in [3.8, 4) is 0 Å². The molecule has 0 radical (unpaired) electrons. The number of hydrogen-bond acceptors (Lipinski definition) is 3. The van der Waals surface area contributed by atoms with Crippen LogP contribution in [0.3, 0.4) is 0 Å². The van der Waals surface area contributed by atoms with E-state index in [2.05, 4.69) is 4.74 Å². The Kier molecular flexibility index (Phi) is 3.37. The lowest BCUT2D eigenvalue weighted by molar-refractivity contribution is -0.145. The zero-order valence-corrected chi connectivity index (χ0v) is 9.87. The van der Waals surface area contributed by atoms with E-state index in [4.69, 9.17) is 0 Å². The van der Waals surface area contributed by atoms with Crippen molar-refractivity contribution in [1.82, 2.24) is 4.90 Å². The first-order valence-electron chi connectivity index (χ1n) is 5.30. The molecule has 0 aromatic carbocycles. The summed E-state index contributed by atoms with van der Waals surface area (Å²) < 4.78 is 4.66. The maximum atomic E-state index is 11.7. The fourth-order valence-electron chi connectivity index (χ4n) is 1.81. The maximum absolute atomic E-state index is 11.7. The fourth-order valence-corrected chi connectivity index (χ4v) is 1.81. The first kappa shape index (κ1) is 12.0. The van der Waals surface area contributed by atoms with Gasteiger partial charge >= 0.3 is 5.97 Å². The van der Waals surface area contributed by atoms with Crippen LogP contribution in [0.25, 0.3) is 0 Å². The number of hydrogen-bond donors (Lipinski definition) is 0. The molecular formula is C11H19NO3. The molecule has 4 nitrogen and oxygen atoms in total. The van der Waals surface area contributed by atoms with E-state index in [1.807, 2.05) is 20.8 Å². The third-order valence-corrected chi connectivity index (χ3v) is 3.26. The first-order valence-corrected chi connectivity index (χ1v) is 5.30. The molecule has 15 heavy (non-hydrogen) atoms. The van der Waals surface area contributed by atoms with Gasteiger partial charge in [-0.05, 0) is 20.3 Å². The highest BCUT2D eigenvalue weighted by Gasteiger charge is 2.40. The van der Waals surface area contributed by atoms with Gasteiger partial charge in [-0.15, -0.1) is 0 Å². The van der Waals surface area contributed by atoms with Crippen LogP contribution in [0.5, 0.6) is 0 Å². The predicted molar refractivity (Wildman–Crippen MR) is 56.2 cm³/mol. The highest BCUT2D eigenvalue weighted by molar-refractivity contribution is 5.87. The Hall–Kier alpha value is -1.06. The Morgan fingerprint density at radius 2 is 2.20 bits per heavy atom. The molecule has 4 heteroatoms. The van der Waals surface area contributed by atoms with Gasteiger partial charge in [-0.1, -0.05) is 6.92 Å². The SMILES string of the molecule is CCC(C)(C)N1CC(C(=O)OC)CC1=O. The number of esters is 1. The van der Waals surface area contributed by atoms with E-state index in [0.717, 1.165) is 6.42 Å². The summed E-state index contributed by atoms with van der Waals surface area (Å²) in [5.41, 5.74) is -0.167. The molecule has 1 fully saturated rings. The van der Waals surface area contributed by atoms with Gasteiger partial charge in [-0.3, -0.25) is 9.59 Å². The summed E-state index contributed by atoms with van der Waals surface area (Å²) in [7, 11) is 1.36. The third kappa shape index (κ3) is 2.30. The van der Waals surface area contributed by atoms with Crippen LogP contribution in [0.2, 0.25) is 0 Å². The smallest absolute Gasteiger partial charge is 0.310 e. The quantitative estimate of drug-likeness (QED) is 0.662. The summed E-state index contributed by atoms with van der Waals surface area (Å²) in [5.74, 6) is -0.511. The molecule has 1 aliphatic rings. The van der Waals surface area contributed by atoms with Gasteiger partial charge in [0.05, 0.1) is 13.0 Å². The number of ether oxygens (including phenoxy) is 1. The molecule has 0 N–H and O–H groups in total. The van der Waals surface area contributed by atoms with E-state index in [0.29, 0.717) is 6.54 Å². The van der Waals surface area contributed by atoms with E-state index >= 15 is 0 Å². The number of carbonyl (C=O) groups excluding carboxylic acids is 2. The summed E-state index contributed by atoms with van der Waals surface area (Å²) in [6, 6.07) is 0. The zero-order valence-electron chi connectivity index (χ0n) is 9.87. The number of methoxy groups -OCH3 is 1. The van der Waals surface area contributed by atoms with Crippen LogP contribution in [-0.4, -0.2) is 36.0 Å². The topological polar surface area (TPSA) is 46.6 Å². The van der Waals surface area contributed by atoms with Crippen molar-refractivity contribution in [3.05, 3.63) is 0 Å². The summed E-state index contributed by atoms with van der Waals surface area (Å²) in [6.07, 6.45) is 1.17. The highest BCUT2D eigenvalue weighted by atomic mass is 16.5. The van der Waals surface area contributed by atoms with Gasteiger partial charge in [0, 0.05) is 18.5 Å². The molecule has 1 atom stereocenters. The van der Waals surface area contributed by atoms with Gasteiger partial charge in [-0.25, -0.2) is 0 Å². The second kappa shape index (κ2) is 4.21. The largest absolute Gasteiger partial charge is 0.469 e. The fraction of sp³-hybridized carbons (Fsp3) is 0.818. The first-order chi connectivity index (χ1) is 6.92. The van der Waals surface area contributed by atoms with E-state index in [-0.39, 0.29) is 29.8 Å². The lowest BCUT2D eigenvalue weighted by Crippen LogP contribution is -2.44. The van der Waals surface area contributed by atoms with Crippen molar-refractivity contribution in [1.29, 1.82) is 0 Å². The molecule has 1 saturated heterocycles. The Bertz CT molecular complexity index is 273. The Labute approximate surface area is 90.6 Å². The summed E-state index contributed by atoms with van der Waals surface area (Å²) >= 11 is 0. The molecule has 1 unspecified atom stereocenters. The number of amides is 1. The molecule has 0 spiro atoms. The van der Waals surface area contributed by atoms with Gasteiger partial charge in [-0.2, -0.15) is 0 Å². The standard InChI is InChI=1S/C11H19NO3/c1-5-11(2,3)12-7-8(6-9(12)13)10(14)15-4/h8H,5-7H2,1-4H3. The average Bonchev–Trinajstić information content (AvgIpc) is 2.60. The zero-order chi connectivity index (χ0) is 11.6. The van der Waals surface area contributed by atoms with Gasteiger partial charge < -0.3 is 9.64 Å². The van der Waals surface area contributed by atoms with Crippen LogP contribution < -0.4 is 0 Å². The Balaban J connectivity index is 2.73. The van der Waals surface area contributed by atoms with Crippen molar-refractivity contribution in [3.63, 3.8) is 0 Å². The van der Waals surface area contributed by atoms with Crippen molar-refractivity contribution in [2.75, 3.05) is 13.7 Å². The Morgan fingerprint density at radius 3 is 2.67 bits per heavy atom. The van der Waals surface area contributed by atoms with Crippen molar-refractivity contribution >= 4 is 11.9 Å². The summed E-state index contributed by atoms with van der Waals surface area (Å²) in [5, 5.41) is 0. The highest BCUT2D eigenvalue weighted by Crippen LogP contribution is 2.28. The second-order valence-electron chi connectivity index (χ2n) is 4.59. The third-order valence-electron chi connectivity index (χ3n) is 3.26. The number of rotatable bonds is 3. The number of nitrogens with zero attached hydrogens (tertiary/aromatic N) is 1. The number of likely N-dealkylation sites (tertiary alicyclic amines) is 1. The molecule has 0 bridgehead atoms. The van der Waals surface area contributed by atoms with E-state index in [1.54, 1.807) is 4.90 Å². The average molecular weight is 213 g/mol. The number of carbonyl (C=O) groups is 2. The molecule has 0 aliphatic carbocycles. The second-order valence-corrected chi connectivity index (χ2v) is 4.59. The van der Waals surface area contributed by atoms with Crippen molar-refractivity contribution < 1.29 is 14.3 Å². The molecule has 0 aromatic heterocycles. The normalized spacial score (nSPS) is 22.0. The molecular weight excluding hydrogens is 194 g/mol. The Morgan fingerprint density at radius 1 is 1.60 bits per heavy atom. The van der Waals surface area contributed by atoms with E-state index in [9.17, 15) is 9.59 Å². The summed E-state index contributed by atoms with van der Waals surface area (Å²) in [6.45, 7) is 6.57. The van der Waals surface area contributed by atoms with Crippen LogP contribution in [0.4, 0.5) is 0 Å². The summed E-state index contributed by atoms with van der Waals surface area (Å²) in [4.78, 5) is 24.8. The molecule has 1 amide bonds. The van der Waals surface area contributed by atoms with Crippen molar-refractivity contribution in [2.24, 2.45) is 5.92 Å². The maximum Gasteiger partial charge on any atom is 0.310 e. The molecule has 86 valence electrons. The van der Waals surface area contributed by atoms with Crippen LogP contribution in [0.15, 0.2) is 0 Å². The minimum atomic E-state index is -0.284. The predicted octanol–water partition coefficient (Wildman–Crippen LogP) is 1.20. The van der Waals surface area contributed by atoms with E-state index < -0.39 is 0 Å². The van der Waals surface area contributed by atoms with Crippen LogP contribution in [0.1, 0.15) is 33.6 Å². The van der Waals surface area contributed by atoms with Gasteiger partial charge in [0.25, 0.3) is 0 Å². The molecule has 1 heterocycles. The van der Waals surface area contributed by atoms with Gasteiger partial charge in [0.15, 0.2) is 0 Å². The van der Waals surface area contributed by atoms with Crippen LogP contribution in [-0.2, 0) is 14.3 Å². The van der Waals surface area contributed by atoms with Gasteiger partial charge in [0.1, 0.15) is 0 Å². The monoisotopic (exact) mass is 213 g/mol. The molecule has 0 saturated carbocycles. The van der Waals surface area contributed by atoms with Crippen molar-refractivity contribution in [2.45, 2.75) is 39.2 Å². The van der Waals surface area contributed by atoms with Crippen LogP contribution >= 0.6 is 0 Å². The lowest BCUT2D eigenvalue weighted by Gasteiger charge is -2.34.